The van der Waals surface area contributed by atoms with E-state index < -0.39 is 28.5 Å². The van der Waals surface area contributed by atoms with Crippen LogP contribution < -0.4 is 9.62 Å². The molecule has 1 saturated carbocycles. The van der Waals surface area contributed by atoms with Gasteiger partial charge in [-0.15, -0.1) is 0 Å². The van der Waals surface area contributed by atoms with Crippen molar-refractivity contribution in [3.8, 4) is 0 Å². The molecule has 43 heavy (non-hydrogen) atoms. The summed E-state index contributed by atoms with van der Waals surface area (Å²) in [5.74, 6) is -0.822. The number of carbonyl (C=O) groups is 2. The second-order valence-electron chi connectivity index (χ2n) is 11.4. The summed E-state index contributed by atoms with van der Waals surface area (Å²) in [6.07, 6.45) is 5.02. The van der Waals surface area contributed by atoms with E-state index in [0.29, 0.717) is 21.3 Å². The molecule has 1 N–H and O–H groups in total. The second kappa shape index (κ2) is 14.1. The van der Waals surface area contributed by atoms with Crippen LogP contribution in [0.2, 0.25) is 10.0 Å². The van der Waals surface area contributed by atoms with Gasteiger partial charge in [0.15, 0.2) is 0 Å². The van der Waals surface area contributed by atoms with E-state index in [2.05, 4.69) is 5.32 Å². The zero-order valence-electron chi connectivity index (χ0n) is 25.1. The number of aryl methyl sites for hydroxylation is 3. The summed E-state index contributed by atoms with van der Waals surface area (Å²) in [4.78, 5) is 29.2. The van der Waals surface area contributed by atoms with Crippen molar-refractivity contribution >= 4 is 50.7 Å². The fraction of sp³-hybridized carbons (Fsp3) is 0.394. The zero-order chi connectivity index (χ0) is 31.3. The summed E-state index contributed by atoms with van der Waals surface area (Å²) < 4.78 is 29.3. The van der Waals surface area contributed by atoms with Gasteiger partial charge in [-0.3, -0.25) is 13.9 Å². The van der Waals surface area contributed by atoms with Gasteiger partial charge in [0, 0.05) is 22.6 Å². The molecule has 0 heterocycles. The number of sulfonamides is 1. The lowest BCUT2D eigenvalue weighted by Crippen LogP contribution is -2.53. The first-order valence-electron chi connectivity index (χ1n) is 14.6. The Morgan fingerprint density at radius 3 is 2.12 bits per heavy atom. The van der Waals surface area contributed by atoms with Crippen LogP contribution in [0.25, 0.3) is 0 Å². The molecular formula is C33H39Cl2N3O4S. The van der Waals surface area contributed by atoms with Crippen molar-refractivity contribution in [2.45, 2.75) is 83.3 Å². The Morgan fingerprint density at radius 2 is 1.51 bits per heavy atom. The molecule has 0 aromatic heterocycles. The van der Waals surface area contributed by atoms with Crippen LogP contribution in [0.15, 0.2) is 65.6 Å². The Morgan fingerprint density at radius 1 is 0.884 bits per heavy atom. The predicted molar refractivity (Wildman–Crippen MR) is 173 cm³/mol. The molecule has 0 unspecified atom stereocenters. The summed E-state index contributed by atoms with van der Waals surface area (Å²) in [7, 11) is -4.15. The largest absolute Gasteiger partial charge is 0.352 e. The van der Waals surface area contributed by atoms with E-state index in [0.717, 1.165) is 53.1 Å². The number of nitrogens with zero attached hydrogens (tertiary/aromatic N) is 2. The number of halogens is 2. The van der Waals surface area contributed by atoms with Gasteiger partial charge in [0.1, 0.15) is 12.6 Å². The third-order valence-electron chi connectivity index (χ3n) is 7.86. The van der Waals surface area contributed by atoms with E-state index in [-0.39, 0.29) is 23.4 Å². The number of rotatable bonds is 10. The van der Waals surface area contributed by atoms with Gasteiger partial charge in [0.05, 0.1) is 10.6 Å². The van der Waals surface area contributed by atoms with Gasteiger partial charge in [-0.25, -0.2) is 8.42 Å². The van der Waals surface area contributed by atoms with Crippen LogP contribution >= 0.6 is 23.2 Å². The molecule has 0 spiro atoms. The van der Waals surface area contributed by atoms with Crippen molar-refractivity contribution in [1.29, 1.82) is 0 Å². The first kappa shape index (κ1) is 32.8. The van der Waals surface area contributed by atoms with E-state index >= 15 is 0 Å². The monoisotopic (exact) mass is 643 g/mol. The second-order valence-corrected chi connectivity index (χ2v) is 14.2. The van der Waals surface area contributed by atoms with E-state index in [4.69, 9.17) is 23.2 Å². The normalized spacial score (nSPS) is 14.7. The van der Waals surface area contributed by atoms with Crippen molar-refractivity contribution in [2.75, 3.05) is 10.8 Å². The van der Waals surface area contributed by atoms with E-state index in [1.807, 2.05) is 26.8 Å². The highest BCUT2D eigenvalue weighted by Gasteiger charge is 2.33. The maximum absolute atomic E-state index is 14.2. The SMILES string of the molecule is Cc1ccc(S(=O)(=O)N(CC(=O)N(Cc2ccc(Cl)cc2Cl)[C@@H](C)C(=O)NC2CCCCC2)c2cc(C)cc(C)c2)cc1. The van der Waals surface area contributed by atoms with Gasteiger partial charge in [-0.2, -0.15) is 0 Å². The Hall–Kier alpha value is -3.07. The fourth-order valence-electron chi connectivity index (χ4n) is 5.45. The van der Waals surface area contributed by atoms with Crippen LogP contribution in [-0.4, -0.2) is 43.8 Å². The molecular weight excluding hydrogens is 605 g/mol. The molecule has 0 aliphatic heterocycles. The van der Waals surface area contributed by atoms with Crippen LogP contribution in [0.5, 0.6) is 0 Å². The van der Waals surface area contributed by atoms with Crippen LogP contribution in [0.4, 0.5) is 5.69 Å². The third kappa shape index (κ3) is 8.31. The molecule has 1 fully saturated rings. The van der Waals surface area contributed by atoms with Crippen LogP contribution in [0, 0.1) is 20.8 Å². The smallest absolute Gasteiger partial charge is 0.264 e. The Bertz CT molecular complexity index is 1550. The zero-order valence-corrected chi connectivity index (χ0v) is 27.4. The molecule has 7 nitrogen and oxygen atoms in total. The van der Waals surface area contributed by atoms with Crippen molar-refractivity contribution < 1.29 is 18.0 Å². The molecule has 1 aliphatic carbocycles. The standard InChI is InChI=1S/C33H39Cl2N3O4S/c1-22-10-14-30(15-11-22)43(41,42)38(29-17-23(2)16-24(3)18-29)21-32(39)37(20-26-12-13-27(34)19-31(26)35)25(4)33(40)36-28-8-6-5-7-9-28/h10-19,25,28H,5-9,20-21H2,1-4H3,(H,36,40)/t25-/m0/s1. The molecule has 2 amide bonds. The maximum Gasteiger partial charge on any atom is 0.264 e. The molecule has 230 valence electrons. The number of benzene rings is 3. The highest BCUT2D eigenvalue weighted by molar-refractivity contribution is 7.92. The number of hydrogen-bond acceptors (Lipinski definition) is 4. The Kier molecular flexibility index (Phi) is 10.8. The predicted octanol–water partition coefficient (Wildman–Crippen LogP) is 6.98. The number of carbonyl (C=O) groups excluding carboxylic acids is 2. The van der Waals surface area contributed by atoms with Crippen LogP contribution in [-0.2, 0) is 26.2 Å². The minimum atomic E-state index is -4.15. The summed E-state index contributed by atoms with van der Waals surface area (Å²) in [5.41, 5.74) is 3.59. The van der Waals surface area contributed by atoms with Crippen LogP contribution in [0.3, 0.4) is 0 Å². The first-order valence-corrected chi connectivity index (χ1v) is 16.8. The lowest BCUT2D eigenvalue weighted by atomic mass is 9.95. The Labute approximate surface area is 265 Å². The number of anilines is 1. The summed E-state index contributed by atoms with van der Waals surface area (Å²) >= 11 is 12.6. The van der Waals surface area contributed by atoms with Crippen molar-refractivity contribution in [1.82, 2.24) is 10.2 Å². The van der Waals surface area contributed by atoms with Crippen molar-refractivity contribution in [3.63, 3.8) is 0 Å². The molecule has 10 heteroatoms. The molecule has 1 atom stereocenters. The number of nitrogens with one attached hydrogen (secondary N) is 1. The summed E-state index contributed by atoms with van der Waals surface area (Å²) in [6, 6.07) is 16.1. The lowest BCUT2D eigenvalue weighted by molar-refractivity contribution is -0.139. The lowest BCUT2D eigenvalue weighted by Gasteiger charge is -2.33. The van der Waals surface area contributed by atoms with Gasteiger partial charge in [0.25, 0.3) is 10.0 Å². The quantitative estimate of drug-likeness (QED) is 0.258. The van der Waals surface area contributed by atoms with E-state index in [1.165, 1.54) is 17.0 Å². The third-order valence-corrected chi connectivity index (χ3v) is 10.2. The average molecular weight is 645 g/mol. The molecule has 3 aromatic carbocycles. The number of hydrogen-bond donors (Lipinski definition) is 1. The van der Waals surface area contributed by atoms with Crippen molar-refractivity contribution in [3.05, 3.63) is 93.0 Å². The highest BCUT2D eigenvalue weighted by Crippen LogP contribution is 2.28. The number of amides is 2. The summed E-state index contributed by atoms with van der Waals surface area (Å²) in [6.45, 7) is 6.78. The topological polar surface area (TPSA) is 86.8 Å². The van der Waals surface area contributed by atoms with Gasteiger partial charge < -0.3 is 10.2 Å². The average Bonchev–Trinajstić information content (AvgIpc) is 2.95. The molecule has 0 bridgehead atoms. The van der Waals surface area contributed by atoms with Crippen molar-refractivity contribution in [2.24, 2.45) is 0 Å². The maximum atomic E-state index is 14.2. The molecule has 0 radical (unpaired) electrons. The Balaban J connectivity index is 1.72. The minimum Gasteiger partial charge on any atom is -0.352 e. The van der Waals surface area contributed by atoms with Gasteiger partial charge in [0.2, 0.25) is 11.8 Å². The van der Waals surface area contributed by atoms with Gasteiger partial charge in [-0.1, -0.05) is 72.3 Å². The molecule has 4 rings (SSSR count). The molecule has 3 aromatic rings. The van der Waals surface area contributed by atoms with E-state index in [9.17, 15) is 18.0 Å². The van der Waals surface area contributed by atoms with Gasteiger partial charge in [-0.05, 0) is 93.6 Å². The van der Waals surface area contributed by atoms with Crippen LogP contribution in [0.1, 0.15) is 61.3 Å². The van der Waals surface area contributed by atoms with E-state index in [1.54, 1.807) is 49.4 Å². The fourth-order valence-corrected chi connectivity index (χ4v) is 7.31. The minimum absolute atomic E-state index is 0.000641. The van der Waals surface area contributed by atoms with Gasteiger partial charge >= 0.3 is 0 Å². The first-order chi connectivity index (χ1) is 20.3. The molecule has 0 saturated heterocycles. The molecule has 1 aliphatic rings. The highest BCUT2D eigenvalue weighted by atomic mass is 35.5. The summed E-state index contributed by atoms with van der Waals surface area (Å²) in [5, 5.41) is 3.90.